The molecule has 2 nitrogen and oxygen atoms in total. The van der Waals surface area contributed by atoms with Gasteiger partial charge in [-0.05, 0) is 37.3 Å². The van der Waals surface area contributed by atoms with Crippen LogP contribution >= 0.6 is 0 Å². The normalized spacial score (nSPS) is 19.3. The summed E-state index contributed by atoms with van der Waals surface area (Å²) in [5.74, 6) is 0.783. The molecule has 2 unspecified atom stereocenters. The predicted molar refractivity (Wildman–Crippen MR) is 89.5 cm³/mol. The van der Waals surface area contributed by atoms with Crippen molar-refractivity contribution in [1.29, 1.82) is 0 Å². The Morgan fingerprint density at radius 2 is 1.81 bits per heavy atom. The van der Waals surface area contributed by atoms with Crippen molar-refractivity contribution < 1.29 is 4.74 Å². The van der Waals surface area contributed by atoms with E-state index in [1.165, 1.54) is 37.7 Å². The summed E-state index contributed by atoms with van der Waals surface area (Å²) in [6.45, 7) is 6.32. The Kier molecular flexibility index (Phi) is 7.25. The van der Waals surface area contributed by atoms with Crippen LogP contribution < -0.4 is 5.32 Å². The third kappa shape index (κ3) is 5.12. The van der Waals surface area contributed by atoms with Gasteiger partial charge in [0.25, 0.3) is 0 Å². The van der Waals surface area contributed by atoms with Gasteiger partial charge < -0.3 is 10.1 Å². The van der Waals surface area contributed by atoms with E-state index in [4.69, 9.17) is 4.74 Å². The maximum absolute atomic E-state index is 6.34. The fourth-order valence-corrected chi connectivity index (χ4v) is 3.41. The molecule has 0 heterocycles. The van der Waals surface area contributed by atoms with Crippen LogP contribution in [0.4, 0.5) is 0 Å². The monoisotopic (exact) mass is 289 g/mol. The van der Waals surface area contributed by atoms with Gasteiger partial charge in [0.15, 0.2) is 0 Å². The Morgan fingerprint density at radius 3 is 2.43 bits per heavy atom. The summed E-state index contributed by atoms with van der Waals surface area (Å²) >= 11 is 0. The quantitative estimate of drug-likeness (QED) is 0.748. The molecule has 1 saturated carbocycles. The minimum atomic E-state index is 0.272. The van der Waals surface area contributed by atoms with Gasteiger partial charge in [-0.2, -0.15) is 0 Å². The van der Waals surface area contributed by atoms with Crippen LogP contribution in [0, 0.1) is 5.92 Å². The molecule has 118 valence electrons. The first-order valence-corrected chi connectivity index (χ1v) is 8.75. The average molecular weight is 289 g/mol. The second kappa shape index (κ2) is 9.22. The highest BCUT2D eigenvalue weighted by Crippen LogP contribution is 2.27. The van der Waals surface area contributed by atoms with E-state index in [0.29, 0.717) is 6.04 Å². The maximum atomic E-state index is 6.34. The lowest BCUT2D eigenvalue weighted by atomic mass is 9.90. The molecule has 0 bridgehead atoms. The Labute approximate surface area is 130 Å². The van der Waals surface area contributed by atoms with Crippen molar-refractivity contribution in [3.05, 3.63) is 35.9 Å². The molecule has 0 spiro atoms. The number of benzene rings is 1. The summed E-state index contributed by atoms with van der Waals surface area (Å²) in [6.07, 6.45) is 8.23. The molecule has 0 amide bonds. The summed E-state index contributed by atoms with van der Waals surface area (Å²) in [7, 11) is 0. The minimum absolute atomic E-state index is 0.272. The maximum Gasteiger partial charge on any atom is 0.0767 e. The van der Waals surface area contributed by atoms with Gasteiger partial charge in [-0.25, -0.2) is 0 Å². The van der Waals surface area contributed by atoms with E-state index in [1.807, 2.05) is 0 Å². The standard InChI is InChI=1S/C19H31NO/c1-3-18(21-15-16-11-7-5-8-12-16)19(20-4-2)17-13-9-6-10-14-17/h6,9-10,13-14,16,18-20H,3-5,7-8,11-12,15H2,1-2H3. The van der Waals surface area contributed by atoms with Crippen LogP contribution in [0.5, 0.6) is 0 Å². The predicted octanol–water partition coefficient (Wildman–Crippen LogP) is 4.71. The second-order valence-corrected chi connectivity index (χ2v) is 6.23. The molecular weight excluding hydrogens is 258 g/mol. The Bertz CT molecular complexity index is 372. The first kappa shape index (κ1) is 16.5. The number of rotatable bonds is 8. The molecule has 1 fully saturated rings. The summed E-state index contributed by atoms with van der Waals surface area (Å²) in [5, 5.41) is 3.61. The Morgan fingerprint density at radius 1 is 1.10 bits per heavy atom. The van der Waals surface area contributed by atoms with Crippen molar-refractivity contribution in [2.75, 3.05) is 13.2 Å². The molecule has 2 rings (SSSR count). The van der Waals surface area contributed by atoms with Crippen LogP contribution in [0.1, 0.15) is 64.0 Å². The first-order chi connectivity index (χ1) is 10.3. The summed E-state index contributed by atoms with van der Waals surface area (Å²) in [6, 6.07) is 11.0. The molecule has 1 N–H and O–H groups in total. The Hall–Kier alpha value is -0.860. The van der Waals surface area contributed by atoms with Crippen LogP contribution in [-0.4, -0.2) is 19.3 Å². The SMILES string of the molecule is CCNC(c1ccccc1)C(CC)OCC1CCCCC1. The van der Waals surface area contributed by atoms with Gasteiger partial charge in [-0.1, -0.05) is 63.4 Å². The highest BCUT2D eigenvalue weighted by molar-refractivity contribution is 5.20. The van der Waals surface area contributed by atoms with Crippen LogP contribution in [0.3, 0.4) is 0 Å². The van der Waals surface area contributed by atoms with Crippen molar-refractivity contribution >= 4 is 0 Å². The van der Waals surface area contributed by atoms with E-state index in [-0.39, 0.29) is 6.10 Å². The zero-order chi connectivity index (χ0) is 14.9. The van der Waals surface area contributed by atoms with Crippen LogP contribution in [-0.2, 0) is 4.74 Å². The van der Waals surface area contributed by atoms with E-state index in [0.717, 1.165) is 25.5 Å². The minimum Gasteiger partial charge on any atom is -0.376 e. The summed E-state index contributed by atoms with van der Waals surface area (Å²) < 4.78 is 6.34. The number of likely N-dealkylation sites (N-methyl/N-ethyl adjacent to an activating group) is 1. The molecule has 1 aliphatic carbocycles. The zero-order valence-corrected chi connectivity index (χ0v) is 13.7. The first-order valence-electron chi connectivity index (χ1n) is 8.75. The molecule has 0 radical (unpaired) electrons. The number of ether oxygens (including phenoxy) is 1. The van der Waals surface area contributed by atoms with Crippen molar-refractivity contribution in [3.8, 4) is 0 Å². The van der Waals surface area contributed by atoms with Gasteiger partial charge in [-0.15, -0.1) is 0 Å². The number of hydrogen-bond donors (Lipinski definition) is 1. The molecule has 2 heteroatoms. The molecule has 0 saturated heterocycles. The topological polar surface area (TPSA) is 21.3 Å². The van der Waals surface area contributed by atoms with Crippen molar-refractivity contribution in [1.82, 2.24) is 5.32 Å². The van der Waals surface area contributed by atoms with Crippen molar-refractivity contribution in [2.24, 2.45) is 5.92 Å². The van der Waals surface area contributed by atoms with E-state index in [2.05, 4.69) is 49.5 Å². The molecule has 1 aromatic carbocycles. The lowest BCUT2D eigenvalue weighted by molar-refractivity contribution is -0.00303. The van der Waals surface area contributed by atoms with E-state index < -0.39 is 0 Å². The molecule has 1 aromatic rings. The van der Waals surface area contributed by atoms with Gasteiger partial charge in [-0.3, -0.25) is 0 Å². The highest BCUT2D eigenvalue weighted by Gasteiger charge is 2.23. The van der Waals surface area contributed by atoms with Gasteiger partial charge >= 0.3 is 0 Å². The summed E-state index contributed by atoms with van der Waals surface area (Å²) in [4.78, 5) is 0. The van der Waals surface area contributed by atoms with Crippen molar-refractivity contribution in [2.45, 2.75) is 64.5 Å². The fourth-order valence-electron chi connectivity index (χ4n) is 3.41. The molecule has 21 heavy (non-hydrogen) atoms. The smallest absolute Gasteiger partial charge is 0.0767 e. The third-order valence-electron chi connectivity index (χ3n) is 4.63. The van der Waals surface area contributed by atoms with Crippen molar-refractivity contribution in [3.63, 3.8) is 0 Å². The second-order valence-electron chi connectivity index (χ2n) is 6.23. The average Bonchev–Trinajstić information content (AvgIpc) is 2.56. The zero-order valence-electron chi connectivity index (χ0n) is 13.7. The van der Waals surface area contributed by atoms with Gasteiger partial charge in [0, 0.05) is 6.61 Å². The van der Waals surface area contributed by atoms with Crippen LogP contribution in [0.2, 0.25) is 0 Å². The molecule has 2 atom stereocenters. The fraction of sp³-hybridized carbons (Fsp3) is 0.684. The van der Waals surface area contributed by atoms with E-state index in [1.54, 1.807) is 0 Å². The number of hydrogen-bond acceptors (Lipinski definition) is 2. The van der Waals surface area contributed by atoms with Crippen LogP contribution in [0.25, 0.3) is 0 Å². The molecule has 0 aromatic heterocycles. The third-order valence-corrected chi connectivity index (χ3v) is 4.63. The molecular formula is C19H31NO. The van der Waals surface area contributed by atoms with Crippen LogP contribution in [0.15, 0.2) is 30.3 Å². The molecule has 1 aliphatic rings. The molecule has 0 aliphatic heterocycles. The highest BCUT2D eigenvalue weighted by atomic mass is 16.5. The van der Waals surface area contributed by atoms with Gasteiger partial charge in [0.05, 0.1) is 12.1 Å². The van der Waals surface area contributed by atoms with E-state index in [9.17, 15) is 0 Å². The number of nitrogens with one attached hydrogen (secondary N) is 1. The summed E-state index contributed by atoms with van der Waals surface area (Å²) in [5.41, 5.74) is 1.34. The lowest BCUT2D eigenvalue weighted by Crippen LogP contribution is -2.34. The lowest BCUT2D eigenvalue weighted by Gasteiger charge is -2.30. The van der Waals surface area contributed by atoms with E-state index >= 15 is 0 Å². The Balaban J connectivity index is 1.95. The van der Waals surface area contributed by atoms with Gasteiger partial charge in [0.1, 0.15) is 0 Å². The largest absolute Gasteiger partial charge is 0.376 e. The van der Waals surface area contributed by atoms with Gasteiger partial charge in [0.2, 0.25) is 0 Å².